The zero-order valence-electron chi connectivity index (χ0n) is 6.56. The first kappa shape index (κ1) is 10.1. The van der Waals surface area contributed by atoms with Crippen LogP contribution >= 0.6 is 11.3 Å². The summed E-state index contributed by atoms with van der Waals surface area (Å²) in [5, 5.41) is 3.43. The highest BCUT2D eigenvalue weighted by molar-refractivity contribution is 7.19. The van der Waals surface area contributed by atoms with Crippen LogP contribution in [-0.4, -0.2) is 17.7 Å². The number of nitrogens with two attached hydrogens (primary N) is 1. The molecule has 0 spiro atoms. The lowest BCUT2D eigenvalue weighted by Crippen LogP contribution is -2.14. The van der Waals surface area contributed by atoms with E-state index in [0.717, 1.165) is 11.3 Å². The van der Waals surface area contributed by atoms with Crippen molar-refractivity contribution in [1.82, 2.24) is 4.98 Å². The minimum Gasteiger partial charge on any atom is -0.389 e. The van der Waals surface area contributed by atoms with Gasteiger partial charge in [-0.2, -0.15) is 13.2 Å². The molecule has 0 aliphatic carbocycles. The molecule has 74 valence electrons. The molecule has 3 N–H and O–H groups in total. The monoisotopic (exact) mass is 211 g/mol. The molecule has 7 heteroatoms. The Bertz CT molecular complexity index is 270. The van der Waals surface area contributed by atoms with Gasteiger partial charge in [0.15, 0.2) is 5.13 Å². The van der Waals surface area contributed by atoms with Crippen molar-refractivity contribution in [2.24, 2.45) is 0 Å². The van der Waals surface area contributed by atoms with Gasteiger partial charge in [0.25, 0.3) is 0 Å². The number of hydrogen-bond donors (Lipinski definition) is 2. The van der Waals surface area contributed by atoms with Gasteiger partial charge in [-0.05, 0) is 0 Å². The van der Waals surface area contributed by atoms with E-state index < -0.39 is 12.6 Å². The average Bonchev–Trinajstić information content (AvgIpc) is 2.33. The lowest BCUT2D eigenvalue weighted by Gasteiger charge is -2.05. The Labute approximate surface area is 76.8 Å². The van der Waals surface area contributed by atoms with Gasteiger partial charge in [0, 0.05) is 6.54 Å². The van der Waals surface area contributed by atoms with E-state index in [2.05, 4.69) is 10.3 Å². The fraction of sp³-hybridized carbons (Fsp3) is 0.500. The molecule has 1 aromatic rings. The Kier molecular flexibility index (Phi) is 2.97. The average molecular weight is 211 g/mol. The number of nitrogen functional groups attached to an aromatic ring is 1. The Morgan fingerprint density at radius 3 is 2.69 bits per heavy atom. The third-order valence-corrected chi connectivity index (χ3v) is 1.99. The van der Waals surface area contributed by atoms with Gasteiger partial charge in [-0.3, -0.25) is 0 Å². The molecular weight excluding hydrogens is 203 g/mol. The Morgan fingerprint density at radius 2 is 2.23 bits per heavy atom. The number of aromatic nitrogens is 1. The molecule has 0 unspecified atom stereocenters. The third-order valence-electron chi connectivity index (χ3n) is 1.21. The second kappa shape index (κ2) is 3.82. The van der Waals surface area contributed by atoms with E-state index in [9.17, 15) is 13.2 Å². The molecule has 0 saturated carbocycles. The van der Waals surface area contributed by atoms with Crippen LogP contribution < -0.4 is 11.1 Å². The van der Waals surface area contributed by atoms with Gasteiger partial charge in [-0.25, -0.2) is 4.98 Å². The third kappa shape index (κ3) is 3.97. The Hall–Kier alpha value is -0.980. The summed E-state index contributed by atoms with van der Waals surface area (Å²) in [6.07, 6.45) is -3.59. The lowest BCUT2D eigenvalue weighted by atomic mass is 10.4. The first-order valence-corrected chi connectivity index (χ1v) is 4.31. The highest BCUT2D eigenvalue weighted by atomic mass is 32.1. The van der Waals surface area contributed by atoms with Crippen LogP contribution in [0.4, 0.5) is 23.3 Å². The summed E-state index contributed by atoms with van der Waals surface area (Å²) < 4.78 is 35.0. The molecule has 0 aromatic carbocycles. The topological polar surface area (TPSA) is 50.9 Å². The maximum absolute atomic E-state index is 11.7. The van der Waals surface area contributed by atoms with E-state index in [4.69, 9.17) is 5.73 Å². The molecule has 1 rings (SSSR count). The molecule has 0 amide bonds. The zero-order valence-corrected chi connectivity index (χ0v) is 7.37. The molecule has 3 nitrogen and oxygen atoms in total. The molecule has 13 heavy (non-hydrogen) atoms. The van der Waals surface area contributed by atoms with Crippen LogP contribution in [0, 0.1) is 0 Å². The second-order valence-electron chi connectivity index (χ2n) is 2.36. The molecule has 1 heterocycles. The van der Waals surface area contributed by atoms with Crippen molar-refractivity contribution in [2.75, 3.05) is 17.6 Å². The van der Waals surface area contributed by atoms with E-state index in [1.807, 2.05) is 0 Å². The zero-order chi connectivity index (χ0) is 9.90. The van der Waals surface area contributed by atoms with Crippen LogP contribution in [-0.2, 0) is 0 Å². The number of nitrogens with one attached hydrogen (secondary N) is 1. The van der Waals surface area contributed by atoms with Crippen LogP contribution in [0.15, 0.2) is 6.20 Å². The van der Waals surface area contributed by atoms with Gasteiger partial charge in [-0.15, -0.1) is 0 Å². The van der Waals surface area contributed by atoms with Crippen LogP contribution in [0.5, 0.6) is 0 Å². The summed E-state index contributed by atoms with van der Waals surface area (Å²) in [6.45, 7) is -0.170. The maximum atomic E-state index is 11.7. The first-order valence-electron chi connectivity index (χ1n) is 3.49. The fourth-order valence-electron chi connectivity index (χ4n) is 0.679. The van der Waals surface area contributed by atoms with Gasteiger partial charge >= 0.3 is 6.18 Å². The quantitative estimate of drug-likeness (QED) is 0.804. The minimum atomic E-state index is -4.13. The Morgan fingerprint density at radius 1 is 1.54 bits per heavy atom. The Balaban J connectivity index is 2.28. The van der Waals surface area contributed by atoms with Gasteiger partial charge in [0.1, 0.15) is 5.00 Å². The van der Waals surface area contributed by atoms with Crippen molar-refractivity contribution in [1.29, 1.82) is 0 Å². The summed E-state index contributed by atoms with van der Waals surface area (Å²) in [5.41, 5.74) is 5.33. The van der Waals surface area contributed by atoms with Crippen LogP contribution in [0.3, 0.4) is 0 Å². The molecule has 0 aliphatic heterocycles. The molecule has 0 fully saturated rings. The molecule has 0 saturated heterocycles. The summed E-state index contributed by atoms with van der Waals surface area (Å²) in [7, 11) is 0. The highest BCUT2D eigenvalue weighted by Gasteiger charge is 2.26. The van der Waals surface area contributed by atoms with Crippen LogP contribution in [0.25, 0.3) is 0 Å². The van der Waals surface area contributed by atoms with Crippen LogP contribution in [0.1, 0.15) is 6.42 Å². The SMILES string of the molecule is Nc1cnc(NCCC(F)(F)F)s1. The van der Waals surface area contributed by atoms with Crippen LogP contribution in [0.2, 0.25) is 0 Å². The summed E-state index contributed by atoms with van der Waals surface area (Å²) in [6, 6.07) is 0. The smallest absolute Gasteiger partial charge is 0.389 e. The lowest BCUT2D eigenvalue weighted by molar-refractivity contribution is -0.131. The molecule has 0 atom stereocenters. The molecule has 0 radical (unpaired) electrons. The summed E-state index contributed by atoms with van der Waals surface area (Å²) in [5.74, 6) is 0. The highest BCUT2D eigenvalue weighted by Crippen LogP contribution is 2.22. The van der Waals surface area contributed by atoms with Gasteiger partial charge in [0.05, 0.1) is 12.6 Å². The maximum Gasteiger partial charge on any atom is 0.390 e. The van der Waals surface area contributed by atoms with Gasteiger partial charge < -0.3 is 11.1 Å². The van der Waals surface area contributed by atoms with Crippen molar-refractivity contribution in [3.8, 4) is 0 Å². The number of thiazole rings is 1. The van der Waals surface area contributed by atoms with Crippen molar-refractivity contribution < 1.29 is 13.2 Å². The van der Waals surface area contributed by atoms with Crippen molar-refractivity contribution in [3.63, 3.8) is 0 Å². The second-order valence-corrected chi connectivity index (χ2v) is 3.42. The summed E-state index contributed by atoms with van der Waals surface area (Å²) >= 11 is 1.13. The predicted octanol–water partition coefficient (Wildman–Crippen LogP) is 2.09. The minimum absolute atomic E-state index is 0.170. The number of halogens is 3. The number of hydrogen-bond acceptors (Lipinski definition) is 4. The fourth-order valence-corrected chi connectivity index (χ4v) is 1.29. The number of alkyl halides is 3. The van der Waals surface area contributed by atoms with Crippen molar-refractivity contribution in [3.05, 3.63) is 6.20 Å². The number of anilines is 2. The predicted molar refractivity (Wildman–Crippen MR) is 45.7 cm³/mol. The van der Waals surface area contributed by atoms with E-state index in [1.54, 1.807) is 0 Å². The van der Waals surface area contributed by atoms with E-state index in [1.165, 1.54) is 6.20 Å². The molecular formula is C6H8F3N3S. The van der Waals surface area contributed by atoms with Crippen molar-refractivity contribution >= 4 is 21.5 Å². The first-order chi connectivity index (χ1) is 5.97. The molecule has 0 bridgehead atoms. The number of nitrogens with zero attached hydrogens (tertiary/aromatic N) is 1. The van der Waals surface area contributed by atoms with Crippen molar-refractivity contribution in [2.45, 2.75) is 12.6 Å². The van der Waals surface area contributed by atoms with E-state index >= 15 is 0 Å². The molecule has 0 aliphatic rings. The van der Waals surface area contributed by atoms with Gasteiger partial charge in [0.2, 0.25) is 0 Å². The largest absolute Gasteiger partial charge is 0.390 e. The van der Waals surface area contributed by atoms with Gasteiger partial charge in [-0.1, -0.05) is 11.3 Å². The number of rotatable bonds is 3. The van der Waals surface area contributed by atoms with E-state index in [-0.39, 0.29) is 6.54 Å². The normalized spacial score (nSPS) is 11.6. The summed E-state index contributed by atoms with van der Waals surface area (Å²) in [4.78, 5) is 3.75. The standard InChI is InChI=1S/C6H8F3N3S/c7-6(8,9)1-2-11-5-12-3-4(10)13-5/h3H,1-2,10H2,(H,11,12). The van der Waals surface area contributed by atoms with E-state index in [0.29, 0.717) is 10.1 Å². The molecule has 1 aromatic heterocycles.